The van der Waals surface area contributed by atoms with Gasteiger partial charge in [-0.2, -0.15) is 0 Å². The molecule has 0 radical (unpaired) electrons. The van der Waals surface area contributed by atoms with Crippen molar-refractivity contribution in [3.8, 4) is 0 Å². The Bertz CT molecular complexity index is 811. The normalized spacial score (nSPS) is 16.3. The molecule has 0 spiro atoms. The molecule has 0 aliphatic carbocycles. The number of allylic oxidation sites excluding steroid dienone is 1. The third-order valence-corrected chi connectivity index (χ3v) is 5.12. The number of benzene rings is 2. The maximum absolute atomic E-state index is 12.4. The van der Waals surface area contributed by atoms with E-state index in [0.717, 1.165) is 38.3 Å². The molecule has 2 aromatic carbocycles. The average Bonchev–Trinajstić information content (AvgIpc) is 2.62. The highest BCUT2D eigenvalue weighted by Gasteiger charge is 2.13. The maximum Gasteiger partial charge on any atom is 0.187 e. The molecule has 0 N–H and O–H groups in total. The molecule has 1 saturated heterocycles. The summed E-state index contributed by atoms with van der Waals surface area (Å²) in [6, 6.07) is 13.2. The minimum Gasteiger partial charge on any atom is -0.304 e. The van der Waals surface area contributed by atoms with Gasteiger partial charge in [0.1, 0.15) is 0 Å². The monoisotopic (exact) mass is 388 g/mol. The molecule has 0 amide bonds. The zero-order valence-electron chi connectivity index (χ0n) is 14.8. The Labute approximate surface area is 164 Å². The molecular weight excluding hydrogens is 367 g/mol. The van der Waals surface area contributed by atoms with Gasteiger partial charge in [-0.1, -0.05) is 53.5 Å². The number of halogens is 2. The fourth-order valence-corrected chi connectivity index (χ4v) is 3.51. The lowest BCUT2D eigenvalue weighted by molar-refractivity contribution is 0.104. The van der Waals surface area contributed by atoms with Gasteiger partial charge in [0.15, 0.2) is 5.78 Å². The zero-order chi connectivity index (χ0) is 18.5. The molecule has 0 bridgehead atoms. The predicted molar refractivity (Wildman–Crippen MR) is 109 cm³/mol. The number of hydrogen-bond donors (Lipinski definition) is 0. The lowest BCUT2D eigenvalue weighted by atomic mass is 10.1. The number of hydrogen-bond acceptors (Lipinski definition) is 3. The van der Waals surface area contributed by atoms with Crippen molar-refractivity contribution in [1.82, 2.24) is 9.80 Å². The van der Waals surface area contributed by atoms with Crippen LogP contribution in [-0.2, 0) is 6.54 Å². The van der Waals surface area contributed by atoms with Crippen molar-refractivity contribution >= 4 is 35.1 Å². The van der Waals surface area contributed by atoms with Gasteiger partial charge in [-0.3, -0.25) is 9.69 Å². The van der Waals surface area contributed by atoms with Crippen LogP contribution < -0.4 is 0 Å². The standard InChI is InChI=1S/C21H22Cl2N2O/c1-24-9-11-25(12-10-24)15-17-4-2-3-16(13-17)5-8-21(26)19-7-6-18(22)14-20(19)23/h2-8,13-14H,9-12,15H2,1H3. The number of ketones is 1. The van der Waals surface area contributed by atoms with Crippen molar-refractivity contribution in [2.45, 2.75) is 6.54 Å². The van der Waals surface area contributed by atoms with E-state index in [1.54, 1.807) is 24.3 Å². The van der Waals surface area contributed by atoms with E-state index < -0.39 is 0 Å². The highest BCUT2D eigenvalue weighted by molar-refractivity contribution is 6.37. The van der Waals surface area contributed by atoms with Crippen LogP contribution >= 0.6 is 23.2 Å². The third kappa shape index (κ3) is 5.18. The summed E-state index contributed by atoms with van der Waals surface area (Å²) in [4.78, 5) is 17.2. The summed E-state index contributed by atoms with van der Waals surface area (Å²) in [5.41, 5.74) is 2.73. The third-order valence-electron chi connectivity index (χ3n) is 4.58. The van der Waals surface area contributed by atoms with Crippen molar-refractivity contribution in [2.24, 2.45) is 0 Å². The number of carbonyl (C=O) groups excluding carboxylic acids is 1. The molecule has 3 rings (SSSR count). The summed E-state index contributed by atoms with van der Waals surface area (Å²) in [5, 5.41) is 0.892. The van der Waals surface area contributed by atoms with Gasteiger partial charge in [-0.25, -0.2) is 0 Å². The van der Waals surface area contributed by atoms with Gasteiger partial charge in [0.2, 0.25) is 0 Å². The Kier molecular flexibility index (Phi) is 6.49. The van der Waals surface area contributed by atoms with E-state index in [4.69, 9.17) is 23.2 Å². The van der Waals surface area contributed by atoms with Gasteiger partial charge >= 0.3 is 0 Å². The van der Waals surface area contributed by atoms with Crippen LogP contribution in [0.5, 0.6) is 0 Å². The molecule has 136 valence electrons. The van der Waals surface area contributed by atoms with Crippen molar-refractivity contribution in [3.63, 3.8) is 0 Å². The van der Waals surface area contributed by atoms with Crippen LogP contribution in [0.1, 0.15) is 21.5 Å². The number of nitrogens with zero attached hydrogens (tertiary/aromatic N) is 2. The molecule has 5 heteroatoms. The zero-order valence-corrected chi connectivity index (χ0v) is 16.3. The first kappa shape index (κ1) is 19.1. The average molecular weight is 389 g/mol. The van der Waals surface area contributed by atoms with Crippen LogP contribution in [0.4, 0.5) is 0 Å². The second kappa shape index (κ2) is 8.83. The fraction of sp³-hybridized carbons (Fsp3) is 0.286. The SMILES string of the molecule is CN1CCN(Cc2cccc(C=CC(=O)c3ccc(Cl)cc3Cl)c2)CC1. The molecule has 0 saturated carbocycles. The second-order valence-corrected chi connectivity index (χ2v) is 7.49. The highest BCUT2D eigenvalue weighted by Crippen LogP contribution is 2.22. The predicted octanol–water partition coefficient (Wildman–Crippen LogP) is 4.64. The molecule has 2 aromatic rings. The summed E-state index contributed by atoms with van der Waals surface area (Å²) in [7, 11) is 2.16. The molecule has 0 unspecified atom stereocenters. The van der Waals surface area contributed by atoms with Crippen molar-refractivity contribution in [1.29, 1.82) is 0 Å². The van der Waals surface area contributed by atoms with Gasteiger partial charge in [0.25, 0.3) is 0 Å². The minimum atomic E-state index is -0.129. The smallest absolute Gasteiger partial charge is 0.187 e. The Balaban J connectivity index is 1.66. The Morgan fingerprint density at radius 2 is 1.85 bits per heavy atom. The summed E-state index contributed by atoms with van der Waals surface area (Å²) in [6.45, 7) is 5.33. The van der Waals surface area contributed by atoms with Gasteiger partial charge in [-0.05, 0) is 42.4 Å². The Morgan fingerprint density at radius 1 is 1.08 bits per heavy atom. The van der Waals surface area contributed by atoms with E-state index >= 15 is 0 Å². The van der Waals surface area contributed by atoms with Crippen LogP contribution in [0.25, 0.3) is 6.08 Å². The van der Waals surface area contributed by atoms with Crippen LogP contribution in [-0.4, -0.2) is 48.8 Å². The number of rotatable bonds is 5. The summed E-state index contributed by atoms with van der Waals surface area (Å²) < 4.78 is 0. The molecule has 1 aliphatic heterocycles. The Morgan fingerprint density at radius 3 is 2.58 bits per heavy atom. The van der Waals surface area contributed by atoms with E-state index in [-0.39, 0.29) is 5.78 Å². The Hall–Kier alpha value is -1.65. The highest BCUT2D eigenvalue weighted by atomic mass is 35.5. The molecule has 26 heavy (non-hydrogen) atoms. The molecular formula is C21H22Cl2N2O. The first-order valence-electron chi connectivity index (χ1n) is 8.68. The number of carbonyl (C=O) groups is 1. The first-order chi connectivity index (χ1) is 12.5. The molecule has 0 aromatic heterocycles. The van der Waals surface area contributed by atoms with Crippen molar-refractivity contribution in [2.75, 3.05) is 33.2 Å². The summed E-state index contributed by atoms with van der Waals surface area (Å²) in [5.74, 6) is -0.129. The summed E-state index contributed by atoms with van der Waals surface area (Å²) >= 11 is 12.0. The van der Waals surface area contributed by atoms with Gasteiger partial charge in [0.05, 0.1) is 5.02 Å². The van der Waals surface area contributed by atoms with Crippen LogP contribution in [0.3, 0.4) is 0 Å². The molecule has 0 atom stereocenters. The van der Waals surface area contributed by atoms with Crippen LogP contribution in [0.2, 0.25) is 10.0 Å². The van der Waals surface area contributed by atoms with Gasteiger partial charge in [-0.15, -0.1) is 0 Å². The molecule has 1 aliphatic rings. The quantitative estimate of drug-likeness (QED) is 0.550. The molecule has 1 fully saturated rings. The van der Waals surface area contributed by atoms with E-state index in [0.29, 0.717) is 15.6 Å². The topological polar surface area (TPSA) is 23.6 Å². The van der Waals surface area contributed by atoms with E-state index in [1.807, 2.05) is 18.2 Å². The van der Waals surface area contributed by atoms with Gasteiger partial charge < -0.3 is 4.90 Å². The molecule has 3 nitrogen and oxygen atoms in total. The number of likely N-dealkylation sites (N-methyl/N-ethyl adjacent to an activating group) is 1. The minimum absolute atomic E-state index is 0.129. The molecule has 1 heterocycles. The van der Waals surface area contributed by atoms with E-state index in [1.165, 1.54) is 5.56 Å². The lowest BCUT2D eigenvalue weighted by Crippen LogP contribution is -2.43. The fourth-order valence-electron chi connectivity index (χ4n) is 3.01. The van der Waals surface area contributed by atoms with Crippen LogP contribution in [0, 0.1) is 0 Å². The largest absolute Gasteiger partial charge is 0.304 e. The van der Waals surface area contributed by atoms with E-state index in [2.05, 4.69) is 29.0 Å². The van der Waals surface area contributed by atoms with Crippen molar-refractivity contribution in [3.05, 3.63) is 75.3 Å². The number of piperazine rings is 1. The second-order valence-electron chi connectivity index (χ2n) is 6.65. The lowest BCUT2D eigenvalue weighted by Gasteiger charge is -2.32. The summed E-state index contributed by atoms with van der Waals surface area (Å²) in [6.07, 6.45) is 3.39. The maximum atomic E-state index is 12.4. The van der Waals surface area contributed by atoms with E-state index in [9.17, 15) is 4.79 Å². The van der Waals surface area contributed by atoms with Crippen LogP contribution in [0.15, 0.2) is 48.5 Å². The van der Waals surface area contributed by atoms with Gasteiger partial charge in [0, 0.05) is 43.3 Å². The van der Waals surface area contributed by atoms with Crippen molar-refractivity contribution < 1.29 is 4.79 Å². The first-order valence-corrected chi connectivity index (χ1v) is 9.44.